The van der Waals surface area contributed by atoms with Crippen molar-refractivity contribution in [1.82, 2.24) is 20.9 Å². The normalized spacial score (nSPS) is 19.0. The first-order valence-electron chi connectivity index (χ1n) is 21.9. The Bertz CT molecular complexity index is 3360. The number of amidine groups is 1. The molecule has 2 aliphatic heterocycles. The van der Waals surface area contributed by atoms with E-state index < -0.39 is 0 Å². The summed E-state index contributed by atoms with van der Waals surface area (Å²) in [7, 11) is 0. The van der Waals surface area contributed by atoms with Crippen LogP contribution in [0.1, 0.15) is 59.6 Å². The number of fused-ring (bicyclic) bond motifs is 6. The molecule has 8 aromatic rings. The van der Waals surface area contributed by atoms with E-state index in [0.29, 0.717) is 0 Å². The van der Waals surface area contributed by atoms with Crippen molar-refractivity contribution in [2.24, 2.45) is 4.99 Å². The lowest BCUT2D eigenvalue weighted by Gasteiger charge is -2.32. The molecule has 3 heterocycles. The summed E-state index contributed by atoms with van der Waals surface area (Å²) in [4.78, 5) is 10.0. The molecular weight excluding hydrogens is 767 g/mol. The van der Waals surface area contributed by atoms with Crippen LogP contribution in [-0.4, -0.2) is 16.9 Å². The molecule has 0 spiro atoms. The van der Waals surface area contributed by atoms with Crippen LogP contribution < -0.4 is 26.4 Å². The third-order valence-electron chi connectivity index (χ3n) is 13.5. The Balaban J connectivity index is 1.06. The number of pyridine rings is 1. The molecule has 5 nitrogen and oxygen atoms in total. The number of allylic oxidation sites excluding steroid dienone is 2. The molecule has 12 rings (SSSR count). The van der Waals surface area contributed by atoms with Crippen molar-refractivity contribution in [2.75, 3.05) is 0 Å². The summed E-state index contributed by atoms with van der Waals surface area (Å²) < 4.78 is 0. The van der Waals surface area contributed by atoms with E-state index in [-0.39, 0.29) is 23.8 Å². The second-order valence-electron chi connectivity index (χ2n) is 17.5. The molecule has 1 aromatic heterocycles. The fourth-order valence-electron chi connectivity index (χ4n) is 10.3. The lowest BCUT2D eigenvalue weighted by atomic mass is 9.81. The van der Waals surface area contributed by atoms with Gasteiger partial charge >= 0.3 is 0 Å². The van der Waals surface area contributed by atoms with E-state index in [1.54, 1.807) is 0 Å². The van der Waals surface area contributed by atoms with Gasteiger partial charge in [-0.05, 0) is 108 Å². The minimum atomic E-state index is -0.246. The van der Waals surface area contributed by atoms with Crippen molar-refractivity contribution in [3.63, 3.8) is 0 Å². The number of aliphatic imine (C=N–C) groups is 1. The molecule has 7 aromatic carbocycles. The summed E-state index contributed by atoms with van der Waals surface area (Å²) in [5.41, 5.74) is 16.7. The molecule has 0 bridgehead atoms. The van der Waals surface area contributed by atoms with Crippen LogP contribution >= 0.6 is 0 Å². The van der Waals surface area contributed by atoms with E-state index >= 15 is 0 Å². The topological polar surface area (TPSA) is 61.3 Å². The van der Waals surface area contributed by atoms with E-state index in [4.69, 9.17) is 4.99 Å². The van der Waals surface area contributed by atoms with Crippen LogP contribution in [0, 0.1) is 0 Å². The summed E-state index contributed by atoms with van der Waals surface area (Å²) in [6.45, 7) is 4.71. The summed E-state index contributed by atoms with van der Waals surface area (Å²) in [6, 6.07) is 59.7. The number of rotatable bonds is 6. The van der Waals surface area contributed by atoms with E-state index in [1.807, 2.05) is 12.4 Å². The monoisotopic (exact) mass is 811 g/mol. The third kappa shape index (κ3) is 6.27. The van der Waals surface area contributed by atoms with Gasteiger partial charge in [0.25, 0.3) is 0 Å². The zero-order chi connectivity index (χ0) is 42.1. The average Bonchev–Trinajstić information content (AvgIpc) is 3.58. The molecule has 3 unspecified atom stereocenters. The fourth-order valence-corrected chi connectivity index (χ4v) is 10.3. The van der Waals surface area contributed by atoms with Crippen molar-refractivity contribution in [3.8, 4) is 33.4 Å². The van der Waals surface area contributed by atoms with Crippen LogP contribution in [0.5, 0.6) is 0 Å². The quantitative estimate of drug-likeness (QED) is 0.157. The SMILES string of the molecule is CC1(C)c2ccccc2-c2ccc(-c3cc(C4=NC(c5ccccc5)NC(c5ccccc5)N4)cc(-c4cccc5c(C6=c7cnccc7=C7C=CC=CC7N6)cccc45)c3)cc21. The molecule has 0 radical (unpaired) electrons. The number of aromatic nitrogens is 1. The highest BCUT2D eigenvalue weighted by Crippen LogP contribution is 2.50. The highest BCUT2D eigenvalue weighted by Gasteiger charge is 2.35. The Morgan fingerprint density at radius 2 is 1.22 bits per heavy atom. The average molecular weight is 812 g/mol. The van der Waals surface area contributed by atoms with Gasteiger partial charge in [0.2, 0.25) is 0 Å². The lowest BCUT2D eigenvalue weighted by molar-refractivity contribution is 0.409. The van der Waals surface area contributed by atoms with Crippen LogP contribution in [0.25, 0.3) is 55.4 Å². The highest BCUT2D eigenvalue weighted by atomic mass is 15.3. The Morgan fingerprint density at radius 3 is 2.06 bits per heavy atom. The predicted octanol–water partition coefficient (Wildman–Crippen LogP) is 10.6. The van der Waals surface area contributed by atoms with Crippen molar-refractivity contribution in [1.29, 1.82) is 0 Å². The van der Waals surface area contributed by atoms with E-state index in [2.05, 4.69) is 223 Å². The minimum absolute atomic E-state index is 0.0837. The van der Waals surface area contributed by atoms with Gasteiger partial charge in [0.05, 0.1) is 11.7 Å². The summed E-state index contributed by atoms with van der Waals surface area (Å²) >= 11 is 0. The second-order valence-corrected chi connectivity index (χ2v) is 17.5. The lowest BCUT2D eigenvalue weighted by Crippen LogP contribution is -2.45. The second kappa shape index (κ2) is 14.8. The molecule has 302 valence electrons. The molecule has 0 fully saturated rings. The summed E-state index contributed by atoms with van der Waals surface area (Å²) in [5, 5.41) is 16.2. The van der Waals surface area contributed by atoms with Gasteiger partial charge in [0.1, 0.15) is 18.2 Å². The largest absolute Gasteiger partial charge is 0.374 e. The standard InChI is InChI=1S/C58H45N5/c1-58(2)51-25-11-9-19-46(51)47-28-27-38(34-52(47)58)39-31-40(33-41(32-39)57-62-55(36-15-5-3-6-16-36)61-56(63-57)37-17-7-4-8-18-37)42-21-13-23-44-43(42)22-14-24-49(44)54-50-35-59-30-29-45(50)48-20-10-12-26-53(48)60-54/h3-35,53,55-56,60-61H,1-2H3,(H,62,63). The molecule has 63 heavy (non-hydrogen) atoms. The van der Waals surface area contributed by atoms with Gasteiger partial charge in [-0.3, -0.25) is 10.3 Å². The van der Waals surface area contributed by atoms with Crippen molar-refractivity contribution in [3.05, 3.63) is 244 Å². The maximum Gasteiger partial charge on any atom is 0.131 e. The predicted molar refractivity (Wildman–Crippen MR) is 258 cm³/mol. The van der Waals surface area contributed by atoms with Gasteiger partial charge in [0, 0.05) is 34.2 Å². The van der Waals surface area contributed by atoms with E-state index in [9.17, 15) is 0 Å². The fraction of sp³-hybridized carbons (Fsp3) is 0.103. The number of hydrogen-bond acceptors (Lipinski definition) is 5. The molecular formula is C58H45N5. The maximum absolute atomic E-state index is 5.43. The Labute approximate surface area is 367 Å². The smallest absolute Gasteiger partial charge is 0.131 e. The molecule has 5 heteroatoms. The Kier molecular flexibility index (Phi) is 8.73. The highest BCUT2D eigenvalue weighted by molar-refractivity contribution is 6.06. The van der Waals surface area contributed by atoms with Crippen molar-refractivity contribution in [2.45, 2.75) is 37.6 Å². The zero-order valence-corrected chi connectivity index (χ0v) is 35.2. The Morgan fingerprint density at radius 1 is 0.524 bits per heavy atom. The van der Waals surface area contributed by atoms with Crippen LogP contribution in [0.2, 0.25) is 0 Å². The number of benzene rings is 7. The van der Waals surface area contributed by atoms with Crippen LogP contribution in [0.4, 0.5) is 0 Å². The van der Waals surface area contributed by atoms with Crippen LogP contribution in [0.3, 0.4) is 0 Å². The number of nitrogens with zero attached hydrogens (tertiary/aromatic N) is 2. The molecule has 0 saturated carbocycles. The number of hydrogen-bond donors (Lipinski definition) is 3. The van der Waals surface area contributed by atoms with Gasteiger partial charge in [-0.1, -0.05) is 172 Å². The van der Waals surface area contributed by atoms with Crippen LogP contribution in [-0.2, 0) is 5.41 Å². The first-order valence-corrected chi connectivity index (χ1v) is 21.9. The molecule has 3 atom stereocenters. The van der Waals surface area contributed by atoms with Crippen molar-refractivity contribution < 1.29 is 0 Å². The van der Waals surface area contributed by atoms with E-state index in [0.717, 1.165) is 55.7 Å². The van der Waals surface area contributed by atoms with Gasteiger partial charge in [-0.25, -0.2) is 4.99 Å². The third-order valence-corrected chi connectivity index (χ3v) is 13.5. The minimum Gasteiger partial charge on any atom is -0.374 e. The number of nitrogens with one attached hydrogen (secondary N) is 3. The zero-order valence-electron chi connectivity index (χ0n) is 35.2. The molecule has 4 aliphatic rings. The molecule has 0 amide bonds. The first kappa shape index (κ1) is 37.2. The van der Waals surface area contributed by atoms with Gasteiger partial charge < -0.3 is 10.6 Å². The molecule has 3 N–H and O–H groups in total. The molecule has 0 saturated heterocycles. The van der Waals surface area contributed by atoms with E-state index in [1.165, 1.54) is 49.4 Å². The van der Waals surface area contributed by atoms with Gasteiger partial charge in [-0.2, -0.15) is 0 Å². The van der Waals surface area contributed by atoms with Gasteiger partial charge in [-0.15, -0.1) is 0 Å². The Hall–Kier alpha value is -7.60. The van der Waals surface area contributed by atoms with Gasteiger partial charge in [0.15, 0.2) is 0 Å². The maximum atomic E-state index is 5.43. The van der Waals surface area contributed by atoms with Crippen molar-refractivity contribution >= 4 is 27.9 Å². The van der Waals surface area contributed by atoms with Crippen LogP contribution in [0.15, 0.2) is 205 Å². The summed E-state index contributed by atoms with van der Waals surface area (Å²) in [5.74, 6) is 0.849. The summed E-state index contributed by atoms with van der Waals surface area (Å²) in [6.07, 6.45) is 12.2. The molecule has 2 aliphatic carbocycles. The first-order chi connectivity index (χ1) is 31.0.